The predicted molar refractivity (Wildman–Crippen MR) is 65.6 cm³/mol. The minimum atomic E-state index is -0.774. The molecule has 1 aliphatic rings. The van der Waals surface area contributed by atoms with Gasteiger partial charge in [0.25, 0.3) is 0 Å². The summed E-state index contributed by atoms with van der Waals surface area (Å²) in [5.41, 5.74) is -1.11. The van der Waals surface area contributed by atoms with Crippen LogP contribution < -0.4 is 0 Å². The molecule has 1 amide bonds. The Morgan fingerprint density at radius 2 is 1.94 bits per heavy atom. The van der Waals surface area contributed by atoms with Crippen molar-refractivity contribution in [2.24, 2.45) is 10.8 Å². The average molecular weight is 241 g/mol. The topological polar surface area (TPSA) is 57.6 Å². The SMILES string of the molecule is CCC(C)(C)C(=O)N1CCC(CC)(C(=O)O)C1. The number of nitrogens with zero attached hydrogens (tertiary/aromatic N) is 1. The molecule has 0 aliphatic carbocycles. The quantitative estimate of drug-likeness (QED) is 0.820. The first-order chi connectivity index (χ1) is 7.79. The minimum Gasteiger partial charge on any atom is -0.481 e. The van der Waals surface area contributed by atoms with E-state index < -0.39 is 11.4 Å². The molecule has 0 saturated carbocycles. The predicted octanol–water partition coefficient (Wildman–Crippen LogP) is 2.14. The van der Waals surface area contributed by atoms with Gasteiger partial charge in [0.2, 0.25) is 5.91 Å². The molecule has 1 fully saturated rings. The summed E-state index contributed by atoms with van der Waals surface area (Å²) in [6.07, 6.45) is 1.93. The smallest absolute Gasteiger partial charge is 0.311 e. The molecule has 0 aromatic rings. The largest absolute Gasteiger partial charge is 0.481 e. The maximum atomic E-state index is 12.3. The lowest BCUT2D eigenvalue weighted by atomic mass is 9.84. The second-order valence-corrected chi connectivity index (χ2v) is 5.65. The van der Waals surface area contributed by atoms with Crippen LogP contribution in [-0.4, -0.2) is 35.0 Å². The van der Waals surface area contributed by atoms with Crippen molar-refractivity contribution in [3.8, 4) is 0 Å². The maximum absolute atomic E-state index is 12.3. The fourth-order valence-electron chi connectivity index (χ4n) is 2.24. The van der Waals surface area contributed by atoms with Gasteiger partial charge in [-0.1, -0.05) is 27.7 Å². The van der Waals surface area contributed by atoms with Gasteiger partial charge < -0.3 is 10.0 Å². The molecule has 1 rings (SSSR count). The number of aliphatic carboxylic acids is 1. The van der Waals surface area contributed by atoms with Crippen LogP contribution in [0.4, 0.5) is 0 Å². The number of carboxylic acid groups (broad SMARTS) is 1. The number of likely N-dealkylation sites (tertiary alicyclic amines) is 1. The van der Waals surface area contributed by atoms with Crippen molar-refractivity contribution >= 4 is 11.9 Å². The number of hydrogen-bond acceptors (Lipinski definition) is 2. The Hall–Kier alpha value is -1.06. The molecule has 17 heavy (non-hydrogen) atoms. The van der Waals surface area contributed by atoms with Gasteiger partial charge in [-0.3, -0.25) is 9.59 Å². The third-order valence-electron chi connectivity index (χ3n) is 4.23. The first-order valence-corrected chi connectivity index (χ1v) is 6.32. The van der Waals surface area contributed by atoms with Gasteiger partial charge in [0.15, 0.2) is 0 Å². The van der Waals surface area contributed by atoms with Crippen LogP contribution in [0.2, 0.25) is 0 Å². The summed E-state index contributed by atoms with van der Waals surface area (Å²) < 4.78 is 0. The lowest BCUT2D eigenvalue weighted by Crippen LogP contribution is -2.42. The third kappa shape index (κ3) is 2.45. The number of carboxylic acids is 1. The number of amides is 1. The van der Waals surface area contributed by atoms with Crippen LogP contribution in [0.1, 0.15) is 47.0 Å². The molecule has 4 nitrogen and oxygen atoms in total. The van der Waals surface area contributed by atoms with Crippen molar-refractivity contribution in [2.45, 2.75) is 47.0 Å². The fourth-order valence-corrected chi connectivity index (χ4v) is 2.24. The summed E-state index contributed by atoms with van der Waals surface area (Å²) in [4.78, 5) is 25.3. The van der Waals surface area contributed by atoms with Gasteiger partial charge >= 0.3 is 5.97 Å². The van der Waals surface area contributed by atoms with E-state index in [0.717, 1.165) is 6.42 Å². The molecule has 0 bridgehead atoms. The molecular weight excluding hydrogens is 218 g/mol. The van der Waals surface area contributed by atoms with Gasteiger partial charge in [-0.25, -0.2) is 0 Å². The molecule has 4 heteroatoms. The van der Waals surface area contributed by atoms with Gasteiger partial charge in [-0.15, -0.1) is 0 Å². The highest BCUT2D eigenvalue weighted by atomic mass is 16.4. The zero-order valence-electron chi connectivity index (χ0n) is 11.2. The molecule has 0 aromatic heterocycles. The van der Waals surface area contributed by atoms with E-state index >= 15 is 0 Å². The summed E-state index contributed by atoms with van der Waals surface area (Å²) in [5, 5.41) is 9.29. The molecule has 1 unspecified atom stereocenters. The highest BCUT2D eigenvalue weighted by molar-refractivity contribution is 5.84. The van der Waals surface area contributed by atoms with Crippen molar-refractivity contribution in [1.82, 2.24) is 4.90 Å². The van der Waals surface area contributed by atoms with Crippen molar-refractivity contribution in [3.63, 3.8) is 0 Å². The first-order valence-electron chi connectivity index (χ1n) is 6.32. The van der Waals surface area contributed by atoms with E-state index in [1.54, 1.807) is 4.90 Å². The summed E-state index contributed by atoms with van der Waals surface area (Å²) in [7, 11) is 0. The Kier molecular flexibility index (Phi) is 3.84. The van der Waals surface area contributed by atoms with Gasteiger partial charge in [0.05, 0.1) is 5.41 Å². The second-order valence-electron chi connectivity index (χ2n) is 5.65. The summed E-state index contributed by atoms with van der Waals surface area (Å²) in [6.45, 7) is 8.64. The van der Waals surface area contributed by atoms with Crippen LogP contribution in [0.25, 0.3) is 0 Å². The van der Waals surface area contributed by atoms with Crippen LogP contribution in [0, 0.1) is 10.8 Å². The van der Waals surface area contributed by atoms with Crippen molar-refractivity contribution < 1.29 is 14.7 Å². The monoisotopic (exact) mass is 241 g/mol. The van der Waals surface area contributed by atoms with E-state index in [4.69, 9.17) is 0 Å². The van der Waals surface area contributed by atoms with E-state index in [1.807, 2.05) is 27.7 Å². The van der Waals surface area contributed by atoms with E-state index in [9.17, 15) is 14.7 Å². The zero-order chi connectivity index (χ0) is 13.3. The number of rotatable bonds is 4. The lowest BCUT2D eigenvalue weighted by Gasteiger charge is -2.29. The summed E-state index contributed by atoms with van der Waals surface area (Å²) >= 11 is 0. The molecular formula is C13H23NO3. The van der Waals surface area contributed by atoms with E-state index in [2.05, 4.69) is 0 Å². The average Bonchev–Trinajstić information content (AvgIpc) is 2.73. The molecule has 0 radical (unpaired) electrons. The molecule has 0 aromatic carbocycles. The van der Waals surface area contributed by atoms with Crippen molar-refractivity contribution in [1.29, 1.82) is 0 Å². The summed E-state index contributed by atoms with van der Waals surface area (Å²) in [5.74, 6) is -0.693. The lowest BCUT2D eigenvalue weighted by molar-refractivity contribution is -0.149. The van der Waals surface area contributed by atoms with Crippen LogP contribution in [0.3, 0.4) is 0 Å². The van der Waals surface area contributed by atoms with E-state index in [1.165, 1.54) is 0 Å². The third-order valence-corrected chi connectivity index (χ3v) is 4.23. The van der Waals surface area contributed by atoms with E-state index in [0.29, 0.717) is 25.9 Å². The summed E-state index contributed by atoms with van der Waals surface area (Å²) in [6, 6.07) is 0. The van der Waals surface area contributed by atoms with Gasteiger partial charge in [0, 0.05) is 18.5 Å². The van der Waals surface area contributed by atoms with Gasteiger partial charge in [0.1, 0.15) is 0 Å². The van der Waals surface area contributed by atoms with Crippen LogP contribution in [0.5, 0.6) is 0 Å². The maximum Gasteiger partial charge on any atom is 0.311 e. The first kappa shape index (κ1) is 14.0. The molecule has 1 heterocycles. The minimum absolute atomic E-state index is 0.0802. The Labute approximate surface area is 103 Å². The zero-order valence-corrected chi connectivity index (χ0v) is 11.2. The van der Waals surface area contributed by atoms with Gasteiger partial charge in [-0.2, -0.15) is 0 Å². The van der Waals surface area contributed by atoms with Crippen molar-refractivity contribution in [2.75, 3.05) is 13.1 Å². The van der Waals surface area contributed by atoms with Crippen LogP contribution in [-0.2, 0) is 9.59 Å². The number of carbonyl (C=O) groups excluding carboxylic acids is 1. The standard InChI is InChI=1S/C13H23NO3/c1-5-12(3,4)10(15)14-8-7-13(6-2,9-14)11(16)17/h5-9H2,1-4H3,(H,16,17). The van der Waals surface area contributed by atoms with E-state index in [-0.39, 0.29) is 11.3 Å². The molecule has 0 spiro atoms. The molecule has 1 aliphatic heterocycles. The van der Waals surface area contributed by atoms with Crippen molar-refractivity contribution in [3.05, 3.63) is 0 Å². The highest BCUT2D eigenvalue weighted by Gasteiger charge is 2.46. The molecule has 98 valence electrons. The molecule has 1 saturated heterocycles. The Balaban J connectivity index is 2.80. The fraction of sp³-hybridized carbons (Fsp3) is 0.846. The number of hydrogen-bond donors (Lipinski definition) is 1. The molecule has 1 atom stereocenters. The number of carbonyl (C=O) groups is 2. The molecule has 1 N–H and O–H groups in total. The Morgan fingerprint density at radius 3 is 2.29 bits per heavy atom. The Bertz CT molecular complexity index is 325. The second kappa shape index (κ2) is 4.67. The highest BCUT2D eigenvalue weighted by Crippen LogP contribution is 2.36. The Morgan fingerprint density at radius 1 is 1.35 bits per heavy atom. The van der Waals surface area contributed by atoms with Crippen LogP contribution in [0.15, 0.2) is 0 Å². The normalized spacial score (nSPS) is 25.1. The van der Waals surface area contributed by atoms with Gasteiger partial charge in [-0.05, 0) is 19.3 Å². The van der Waals surface area contributed by atoms with Crippen LogP contribution >= 0.6 is 0 Å².